The molecule has 1 aliphatic carbocycles. The number of ether oxygens (including phenoxy) is 1. The number of hydrogen-bond donors (Lipinski definition) is 2. The van der Waals surface area contributed by atoms with Gasteiger partial charge in [-0.25, -0.2) is 0 Å². The summed E-state index contributed by atoms with van der Waals surface area (Å²) in [6.07, 6.45) is 3.05. The molecule has 0 aromatic heterocycles. The van der Waals surface area contributed by atoms with Crippen molar-refractivity contribution in [1.29, 1.82) is 0 Å². The standard InChI is InChI=1S/C21H26N2O2.ClH/c22-14-17-10-7-13-19(17)21(24)23-20(16-8-3-1-4-9-16)15-25-18-11-5-2-6-12-18;/h1-6,8-9,11-12,17,19-20H,7,10,13-15,22H2,(H,23,24);1H/t17-,19-,20?;/m1./s1. The third-order valence-electron chi connectivity index (χ3n) is 4.98. The summed E-state index contributed by atoms with van der Waals surface area (Å²) in [6, 6.07) is 19.5. The number of rotatable bonds is 7. The normalized spacial score (nSPS) is 20.0. The summed E-state index contributed by atoms with van der Waals surface area (Å²) >= 11 is 0. The van der Waals surface area contributed by atoms with Crippen molar-refractivity contribution in [3.63, 3.8) is 0 Å². The highest BCUT2D eigenvalue weighted by molar-refractivity contribution is 5.85. The first-order valence-corrected chi connectivity index (χ1v) is 9.01. The maximum absolute atomic E-state index is 12.8. The molecule has 2 aromatic rings. The van der Waals surface area contributed by atoms with Crippen LogP contribution in [0.2, 0.25) is 0 Å². The van der Waals surface area contributed by atoms with Crippen LogP contribution in [0.3, 0.4) is 0 Å². The number of para-hydroxylation sites is 1. The van der Waals surface area contributed by atoms with E-state index in [1.54, 1.807) is 0 Å². The maximum atomic E-state index is 12.8. The quantitative estimate of drug-likeness (QED) is 0.776. The van der Waals surface area contributed by atoms with Crippen LogP contribution >= 0.6 is 12.4 Å². The number of carbonyl (C=O) groups excluding carboxylic acids is 1. The van der Waals surface area contributed by atoms with Crippen LogP contribution in [0.1, 0.15) is 30.9 Å². The molecule has 0 spiro atoms. The third kappa shape index (κ3) is 5.23. The number of hydrogen-bond acceptors (Lipinski definition) is 3. The Bertz CT molecular complexity index is 666. The Morgan fingerprint density at radius 1 is 1.08 bits per heavy atom. The molecule has 26 heavy (non-hydrogen) atoms. The van der Waals surface area contributed by atoms with E-state index in [0.717, 1.165) is 30.6 Å². The molecule has 3 rings (SSSR count). The minimum Gasteiger partial charge on any atom is -0.491 e. The van der Waals surface area contributed by atoms with Crippen LogP contribution in [-0.4, -0.2) is 19.1 Å². The van der Waals surface area contributed by atoms with Gasteiger partial charge in [0, 0.05) is 5.92 Å². The predicted molar refractivity (Wildman–Crippen MR) is 106 cm³/mol. The van der Waals surface area contributed by atoms with Crippen molar-refractivity contribution in [1.82, 2.24) is 5.32 Å². The fourth-order valence-corrected chi connectivity index (χ4v) is 3.55. The van der Waals surface area contributed by atoms with Gasteiger partial charge in [-0.3, -0.25) is 4.79 Å². The summed E-state index contributed by atoms with van der Waals surface area (Å²) in [6.45, 7) is 0.981. The van der Waals surface area contributed by atoms with Crippen LogP contribution in [0.4, 0.5) is 0 Å². The Morgan fingerprint density at radius 2 is 1.73 bits per heavy atom. The minimum absolute atomic E-state index is 0. The van der Waals surface area contributed by atoms with Gasteiger partial charge in [0.15, 0.2) is 0 Å². The van der Waals surface area contributed by atoms with Gasteiger partial charge in [0.05, 0.1) is 6.04 Å². The molecule has 5 heteroatoms. The van der Waals surface area contributed by atoms with E-state index in [9.17, 15) is 4.79 Å². The fraction of sp³-hybridized carbons (Fsp3) is 0.381. The lowest BCUT2D eigenvalue weighted by Crippen LogP contribution is -2.39. The molecule has 140 valence electrons. The zero-order chi connectivity index (χ0) is 17.5. The molecule has 3 atom stereocenters. The molecule has 1 unspecified atom stereocenters. The Morgan fingerprint density at radius 3 is 2.38 bits per heavy atom. The average molecular weight is 375 g/mol. The zero-order valence-electron chi connectivity index (χ0n) is 14.8. The van der Waals surface area contributed by atoms with Crippen LogP contribution in [0.15, 0.2) is 60.7 Å². The van der Waals surface area contributed by atoms with Crippen LogP contribution in [0.25, 0.3) is 0 Å². The Hall–Kier alpha value is -2.04. The van der Waals surface area contributed by atoms with Crippen molar-refractivity contribution in [3.8, 4) is 5.75 Å². The SMILES string of the molecule is Cl.NC[C@H]1CCC[C@H]1C(=O)NC(COc1ccccc1)c1ccccc1. The number of nitrogens with one attached hydrogen (secondary N) is 1. The average Bonchev–Trinajstić information content (AvgIpc) is 3.15. The van der Waals surface area contributed by atoms with Gasteiger partial charge in [-0.1, -0.05) is 55.0 Å². The highest BCUT2D eigenvalue weighted by Gasteiger charge is 2.33. The summed E-state index contributed by atoms with van der Waals surface area (Å²) in [4.78, 5) is 12.8. The highest BCUT2D eigenvalue weighted by Crippen LogP contribution is 2.31. The second-order valence-electron chi connectivity index (χ2n) is 6.63. The van der Waals surface area contributed by atoms with Gasteiger partial charge in [0.25, 0.3) is 0 Å². The summed E-state index contributed by atoms with van der Waals surface area (Å²) in [5.74, 6) is 1.22. The molecule has 1 saturated carbocycles. The number of nitrogens with two attached hydrogens (primary N) is 1. The predicted octanol–water partition coefficient (Wildman–Crippen LogP) is 3.72. The van der Waals surface area contributed by atoms with E-state index in [2.05, 4.69) is 5.32 Å². The molecular weight excluding hydrogens is 348 g/mol. The number of benzene rings is 2. The number of amides is 1. The first-order chi connectivity index (χ1) is 12.3. The molecule has 0 saturated heterocycles. The van der Waals surface area contributed by atoms with Crippen LogP contribution < -0.4 is 15.8 Å². The minimum atomic E-state index is -0.173. The molecular formula is C21H27ClN2O2. The van der Waals surface area contributed by atoms with Gasteiger partial charge in [0.2, 0.25) is 5.91 Å². The van der Waals surface area contributed by atoms with Gasteiger partial charge >= 0.3 is 0 Å². The van der Waals surface area contributed by atoms with Crippen molar-refractivity contribution >= 4 is 18.3 Å². The lowest BCUT2D eigenvalue weighted by atomic mass is 9.94. The Labute approximate surface area is 161 Å². The monoisotopic (exact) mass is 374 g/mol. The van der Waals surface area contributed by atoms with Crippen molar-refractivity contribution in [2.45, 2.75) is 25.3 Å². The summed E-state index contributed by atoms with van der Waals surface area (Å²) < 4.78 is 5.90. The topological polar surface area (TPSA) is 64.4 Å². The largest absolute Gasteiger partial charge is 0.491 e. The molecule has 0 aliphatic heterocycles. The van der Waals surface area contributed by atoms with E-state index in [4.69, 9.17) is 10.5 Å². The van der Waals surface area contributed by atoms with E-state index in [1.165, 1.54) is 0 Å². The van der Waals surface area contributed by atoms with E-state index in [1.807, 2.05) is 60.7 Å². The molecule has 1 aliphatic rings. The second kappa shape index (κ2) is 10.2. The molecule has 1 amide bonds. The number of carbonyl (C=O) groups is 1. The van der Waals surface area contributed by atoms with Crippen molar-refractivity contribution in [3.05, 3.63) is 66.2 Å². The Kier molecular flexibility index (Phi) is 7.95. The summed E-state index contributed by atoms with van der Waals surface area (Å²) in [5, 5.41) is 3.19. The van der Waals surface area contributed by atoms with E-state index in [-0.39, 0.29) is 30.3 Å². The van der Waals surface area contributed by atoms with Crippen molar-refractivity contribution in [2.75, 3.05) is 13.2 Å². The summed E-state index contributed by atoms with van der Waals surface area (Å²) in [7, 11) is 0. The van der Waals surface area contributed by atoms with E-state index < -0.39 is 0 Å². The van der Waals surface area contributed by atoms with Gasteiger partial charge < -0.3 is 15.8 Å². The number of halogens is 1. The van der Waals surface area contributed by atoms with E-state index in [0.29, 0.717) is 19.1 Å². The highest BCUT2D eigenvalue weighted by atomic mass is 35.5. The molecule has 1 fully saturated rings. The van der Waals surface area contributed by atoms with Gasteiger partial charge in [0.1, 0.15) is 12.4 Å². The second-order valence-corrected chi connectivity index (χ2v) is 6.63. The lowest BCUT2D eigenvalue weighted by molar-refractivity contribution is -0.127. The molecule has 2 aromatic carbocycles. The first kappa shape index (κ1) is 20.3. The van der Waals surface area contributed by atoms with Crippen LogP contribution in [0.5, 0.6) is 5.75 Å². The van der Waals surface area contributed by atoms with Crippen molar-refractivity contribution in [2.24, 2.45) is 17.6 Å². The van der Waals surface area contributed by atoms with Crippen molar-refractivity contribution < 1.29 is 9.53 Å². The Balaban J connectivity index is 0.00000243. The van der Waals surface area contributed by atoms with E-state index >= 15 is 0 Å². The van der Waals surface area contributed by atoms with Crippen LogP contribution in [0, 0.1) is 11.8 Å². The molecule has 3 N–H and O–H groups in total. The molecule has 0 heterocycles. The van der Waals surface area contributed by atoms with Gasteiger partial charge in [-0.05, 0) is 43.0 Å². The smallest absolute Gasteiger partial charge is 0.224 e. The zero-order valence-corrected chi connectivity index (χ0v) is 15.7. The van der Waals surface area contributed by atoms with Crippen LogP contribution in [-0.2, 0) is 4.79 Å². The molecule has 4 nitrogen and oxygen atoms in total. The summed E-state index contributed by atoms with van der Waals surface area (Å²) in [5.41, 5.74) is 6.88. The lowest BCUT2D eigenvalue weighted by Gasteiger charge is -2.24. The maximum Gasteiger partial charge on any atom is 0.224 e. The third-order valence-corrected chi connectivity index (χ3v) is 4.98. The first-order valence-electron chi connectivity index (χ1n) is 9.01. The molecule has 0 bridgehead atoms. The van der Waals surface area contributed by atoms with Gasteiger partial charge in [-0.2, -0.15) is 0 Å². The van der Waals surface area contributed by atoms with Gasteiger partial charge in [-0.15, -0.1) is 12.4 Å². The fourth-order valence-electron chi connectivity index (χ4n) is 3.55. The molecule has 0 radical (unpaired) electrons.